The first kappa shape index (κ1) is 25.9. The zero-order valence-electron chi connectivity index (χ0n) is 19.1. The lowest BCUT2D eigenvalue weighted by atomic mass is 9.95. The zero-order chi connectivity index (χ0) is 23.6. The van der Waals surface area contributed by atoms with Gasteiger partial charge in [-0.3, -0.25) is 9.59 Å². The minimum absolute atomic E-state index is 0.0485. The standard InChI is InChI=1S/C26H32Cl2N2O2S/c1-2-24(26(32)29-22-9-4-3-5-10-22)30(16-19-12-14-21(27)15-13-19)25(31)18-33-17-20-8-6-7-11-23(20)28/h6-8,11-15,22,24H,2-5,9-10,16-18H2,1H3,(H,29,32)/t24-/m1/s1. The van der Waals surface area contributed by atoms with Crippen LogP contribution in [0.25, 0.3) is 0 Å². The Hall–Kier alpha value is -1.69. The van der Waals surface area contributed by atoms with Crippen LogP contribution in [0, 0.1) is 0 Å². The van der Waals surface area contributed by atoms with Gasteiger partial charge in [0.05, 0.1) is 5.75 Å². The molecule has 1 N–H and O–H groups in total. The van der Waals surface area contributed by atoms with Gasteiger partial charge in [0.15, 0.2) is 0 Å². The fourth-order valence-corrected chi connectivity index (χ4v) is 5.52. The predicted molar refractivity (Wildman–Crippen MR) is 139 cm³/mol. The molecule has 1 saturated carbocycles. The van der Waals surface area contributed by atoms with E-state index >= 15 is 0 Å². The molecule has 0 aliphatic heterocycles. The minimum atomic E-state index is -0.504. The first-order chi connectivity index (χ1) is 16.0. The first-order valence-electron chi connectivity index (χ1n) is 11.6. The van der Waals surface area contributed by atoms with E-state index in [1.807, 2.05) is 55.5 Å². The quantitative estimate of drug-likeness (QED) is 0.400. The van der Waals surface area contributed by atoms with E-state index in [9.17, 15) is 9.59 Å². The molecule has 2 aromatic carbocycles. The molecule has 4 nitrogen and oxygen atoms in total. The third-order valence-electron chi connectivity index (χ3n) is 6.04. The van der Waals surface area contributed by atoms with Crippen LogP contribution in [0.3, 0.4) is 0 Å². The van der Waals surface area contributed by atoms with Crippen molar-refractivity contribution in [2.75, 3.05) is 5.75 Å². The number of thioether (sulfide) groups is 1. The van der Waals surface area contributed by atoms with Gasteiger partial charge in [0, 0.05) is 28.4 Å². The summed E-state index contributed by atoms with van der Waals surface area (Å²) in [5.41, 5.74) is 1.95. The second-order valence-corrected chi connectivity index (χ2v) is 10.3. The number of hydrogen-bond donors (Lipinski definition) is 1. The van der Waals surface area contributed by atoms with Gasteiger partial charge in [0.2, 0.25) is 11.8 Å². The third-order valence-corrected chi connectivity index (χ3v) is 7.63. The van der Waals surface area contributed by atoms with Crippen molar-refractivity contribution in [1.29, 1.82) is 0 Å². The maximum Gasteiger partial charge on any atom is 0.243 e. The number of nitrogens with zero attached hydrogens (tertiary/aromatic N) is 1. The number of rotatable bonds is 10. The normalized spacial score (nSPS) is 15.1. The van der Waals surface area contributed by atoms with Crippen LogP contribution in [0.4, 0.5) is 0 Å². The van der Waals surface area contributed by atoms with Gasteiger partial charge in [-0.1, -0.05) is 79.7 Å². The Bertz CT molecular complexity index is 917. The molecule has 1 atom stereocenters. The fraction of sp³-hybridized carbons (Fsp3) is 0.462. The summed E-state index contributed by atoms with van der Waals surface area (Å²) in [7, 11) is 0. The summed E-state index contributed by atoms with van der Waals surface area (Å²) >= 11 is 13.8. The molecule has 2 aromatic rings. The second kappa shape index (κ2) is 13.3. The minimum Gasteiger partial charge on any atom is -0.352 e. The van der Waals surface area contributed by atoms with Crippen molar-refractivity contribution in [3.63, 3.8) is 0 Å². The zero-order valence-corrected chi connectivity index (χ0v) is 21.4. The monoisotopic (exact) mass is 506 g/mol. The van der Waals surface area contributed by atoms with Crippen LogP contribution in [0.2, 0.25) is 10.0 Å². The van der Waals surface area contributed by atoms with Crippen LogP contribution >= 0.6 is 35.0 Å². The molecule has 3 rings (SSSR count). The number of hydrogen-bond acceptors (Lipinski definition) is 3. The van der Waals surface area contributed by atoms with Gasteiger partial charge in [-0.15, -0.1) is 11.8 Å². The van der Waals surface area contributed by atoms with Gasteiger partial charge in [0.1, 0.15) is 6.04 Å². The molecule has 1 aliphatic rings. The average molecular weight is 508 g/mol. The Morgan fingerprint density at radius 1 is 1.06 bits per heavy atom. The summed E-state index contributed by atoms with van der Waals surface area (Å²) < 4.78 is 0. The van der Waals surface area contributed by atoms with E-state index in [1.54, 1.807) is 4.90 Å². The van der Waals surface area contributed by atoms with Gasteiger partial charge in [-0.05, 0) is 48.6 Å². The Morgan fingerprint density at radius 2 is 1.76 bits per heavy atom. The highest BCUT2D eigenvalue weighted by Crippen LogP contribution is 2.23. The lowest BCUT2D eigenvalue weighted by Gasteiger charge is -2.32. The van der Waals surface area contributed by atoms with Gasteiger partial charge >= 0.3 is 0 Å². The van der Waals surface area contributed by atoms with Crippen LogP contribution in [-0.4, -0.2) is 34.6 Å². The van der Waals surface area contributed by atoms with E-state index < -0.39 is 6.04 Å². The Labute approximate surface area is 211 Å². The molecule has 0 unspecified atom stereocenters. The summed E-state index contributed by atoms with van der Waals surface area (Å²) in [6.07, 6.45) is 6.12. The topological polar surface area (TPSA) is 49.4 Å². The summed E-state index contributed by atoms with van der Waals surface area (Å²) in [6, 6.07) is 14.8. The molecule has 0 bridgehead atoms. The average Bonchev–Trinajstić information content (AvgIpc) is 2.82. The Morgan fingerprint density at radius 3 is 2.42 bits per heavy atom. The molecule has 1 aliphatic carbocycles. The van der Waals surface area contributed by atoms with E-state index in [-0.39, 0.29) is 23.6 Å². The summed E-state index contributed by atoms with van der Waals surface area (Å²) in [5.74, 6) is 0.826. The van der Waals surface area contributed by atoms with Crippen molar-refractivity contribution in [2.24, 2.45) is 0 Å². The fourth-order valence-electron chi connectivity index (χ4n) is 4.20. The van der Waals surface area contributed by atoms with Crippen molar-refractivity contribution in [3.05, 3.63) is 69.7 Å². The van der Waals surface area contributed by atoms with Crippen LogP contribution in [0.1, 0.15) is 56.6 Å². The van der Waals surface area contributed by atoms with Crippen LogP contribution < -0.4 is 5.32 Å². The largest absolute Gasteiger partial charge is 0.352 e. The molecular weight excluding hydrogens is 475 g/mol. The molecule has 7 heteroatoms. The third kappa shape index (κ3) is 7.94. The highest BCUT2D eigenvalue weighted by atomic mass is 35.5. The van der Waals surface area contributed by atoms with Crippen molar-refractivity contribution in [2.45, 2.75) is 69.8 Å². The molecular formula is C26H32Cl2N2O2S. The van der Waals surface area contributed by atoms with Crippen LogP contribution in [-0.2, 0) is 21.9 Å². The van der Waals surface area contributed by atoms with Crippen molar-refractivity contribution < 1.29 is 9.59 Å². The van der Waals surface area contributed by atoms with E-state index in [2.05, 4.69) is 5.32 Å². The van der Waals surface area contributed by atoms with Crippen molar-refractivity contribution in [3.8, 4) is 0 Å². The smallest absolute Gasteiger partial charge is 0.243 e. The molecule has 0 spiro atoms. The SMILES string of the molecule is CC[C@H](C(=O)NC1CCCCC1)N(Cc1ccc(Cl)cc1)C(=O)CSCc1ccccc1Cl. The number of nitrogens with one attached hydrogen (secondary N) is 1. The molecule has 0 heterocycles. The number of carbonyl (C=O) groups excluding carboxylic acids is 2. The maximum absolute atomic E-state index is 13.4. The van der Waals surface area contributed by atoms with E-state index in [0.29, 0.717) is 28.8 Å². The summed E-state index contributed by atoms with van der Waals surface area (Å²) in [4.78, 5) is 28.3. The van der Waals surface area contributed by atoms with E-state index in [1.165, 1.54) is 18.2 Å². The van der Waals surface area contributed by atoms with E-state index in [0.717, 1.165) is 36.8 Å². The Balaban J connectivity index is 1.70. The van der Waals surface area contributed by atoms with Crippen LogP contribution in [0.15, 0.2) is 48.5 Å². The predicted octanol–water partition coefficient (Wildman–Crippen LogP) is 6.48. The lowest BCUT2D eigenvalue weighted by Crippen LogP contribution is -2.52. The molecule has 0 radical (unpaired) electrons. The highest BCUT2D eigenvalue weighted by Gasteiger charge is 2.30. The number of benzene rings is 2. The van der Waals surface area contributed by atoms with Gasteiger partial charge in [0.25, 0.3) is 0 Å². The summed E-state index contributed by atoms with van der Waals surface area (Å²) in [6.45, 7) is 2.34. The maximum atomic E-state index is 13.4. The molecule has 178 valence electrons. The number of carbonyl (C=O) groups is 2. The van der Waals surface area contributed by atoms with Crippen molar-refractivity contribution >= 4 is 46.8 Å². The molecule has 1 fully saturated rings. The van der Waals surface area contributed by atoms with E-state index in [4.69, 9.17) is 23.2 Å². The Kier molecular flexibility index (Phi) is 10.4. The summed E-state index contributed by atoms with van der Waals surface area (Å²) in [5, 5.41) is 4.56. The van der Waals surface area contributed by atoms with Crippen LogP contribution in [0.5, 0.6) is 0 Å². The highest BCUT2D eigenvalue weighted by molar-refractivity contribution is 7.99. The van der Waals surface area contributed by atoms with Gasteiger partial charge in [-0.25, -0.2) is 0 Å². The molecule has 0 aromatic heterocycles. The number of halogens is 2. The number of amides is 2. The van der Waals surface area contributed by atoms with Crippen molar-refractivity contribution in [1.82, 2.24) is 10.2 Å². The van der Waals surface area contributed by atoms with Gasteiger partial charge < -0.3 is 10.2 Å². The molecule has 2 amide bonds. The molecule has 0 saturated heterocycles. The lowest BCUT2D eigenvalue weighted by molar-refractivity contribution is -0.139. The van der Waals surface area contributed by atoms with Gasteiger partial charge in [-0.2, -0.15) is 0 Å². The molecule has 33 heavy (non-hydrogen) atoms. The second-order valence-electron chi connectivity index (χ2n) is 8.50. The first-order valence-corrected chi connectivity index (χ1v) is 13.5.